The maximum absolute atomic E-state index is 12.9. The molecule has 33 heavy (non-hydrogen) atoms. The SMILES string of the molecule is CC(=O)c1cccc(NC(=O)C(C)Sc2nnc(-c3ccncc3)n2-c2ccc(Cl)cc2)c1. The second-order valence-corrected chi connectivity index (χ2v) is 8.98. The quantitative estimate of drug-likeness (QED) is 0.287. The van der Waals surface area contributed by atoms with Crippen molar-refractivity contribution in [2.45, 2.75) is 24.3 Å². The molecule has 166 valence electrons. The van der Waals surface area contributed by atoms with E-state index >= 15 is 0 Å². The standard InChI is InChI=1S/C24H20ClN5O2S/c1-15(31)18-4-3-5-20(14-18)27-23(32)16(2)33-24-29-28-22(17-10-12-26-13-11-17)30(24)21-8-6-19(25)7-9-21/h3-14,16H,1-2H3,(H,27,32). The highest BCUT2D eigenvalue weighted by Gasteiger charge is 2.22. The lowest BCUT2D eigenvalue weighted by atomic mass is 10.1. The third-order valence-electron chi connectivity index (χ3n) is 4.84. The minimum Gasteiger partial charge on any atom is -0.325 e. The van der Waals surface area contributed by atoms with E-state index in [1.54, 1.807) is 55.7 Å². The summed E-state index contributed by atoms with van der Waals surface area (Å²) in [6, 6.07) is 17.9. The summed E-state index contributed by atoms with van der Waals surface area (Å²) in [5, 5.41) is 12.3. The van der Waals surface area contributed by atoms with Gasteiger partial charge in [0.2, 0.25) is 5.91 Å². The number of hydrogen-bond donors (Lipinski definition) is 1. The number of pyridine rings is 1. The number of rotatable bonds is 7. The van der Waals surface area contributed by atoms with Gasteiger partial charge in [-0.3, -0.25) is 19.1 Å². The molecule has 0 saturated carbocycles. The Morgan fingerprint density at radius 1 is 1.03 bits per heavy atom. The molecule has 2 heterocycles. The molecule has 0 aliphatic rings. The van der Waals surface area contributed by atoms with E-state index in [9.17, 15) is 9.59 Å². The number of carbonyl (C=O) groups is 2. The number of benzene rings is 2. The third kappa shape index (κ3) is 5.30. The highest BCUT2D eigenvalue weighted by molar-refractivity contribution is 8.00. The van der Waals surface area contributed by atoms with Crippen molar-refractivity contribution >= 4 is 40.7 Å². The molecule has 7 nitrogen and oxygen atoms in total. The summed E-state index contributed by atoms with van der Waals surface area (Å²) in [5.74, 6) is 0.356. The smallest absolute Gasteiger partial charge is 0.237 e. The molecule has 0 saturated heterocycles. The van der Waals surface area contributed by atoms with Crippen molar-refractivity contribution in [3.05, 3.63) is 83.6 Å². The van der Waals surface area contributed by atoms with E-state index in [0.29, 0.717) is 27.3 Å². The highest BCUT2D eigenvalue weighted by Crippen LogP contribution is 2.31. The molecule has 1 amide bonds. The zero-order chi connectivity index (χ0) is 23.4. The molecule has 1 N–H and O–H groups in total. The summed E-state index contributed by atoms with van der Waals surface area (Å²) in [4.78, 5) is 28.6. The van der Waals surface area contributed by atoms with Crippen LogP contribution in [-0.4, -0.2) is 36.7 Å². The minimum atomic E-state index is -0.480. The normalized spacial score (nSPS) is 11.7. The van der Waals surface area contributed by atoms with Crippen LogP contribution in [0.25, 0.3) is 17.1 Å². The molecule has 0 spiro atoms. The fourth-order valence-corrected chi connectivity index (χ4v) is 4.12. The Morgan fingerprint density at radius 3 is 2.45 bits per heavy atom. The van der Waals surface area contributed by atoms with Crippen molar-refractivity contribution in [1.82, 2.24) is 19.7 Å². The Labute approximate surface area is 200 Å². The van der Waals surface area contributed by atoms with Crippen LogP contribution in [0.5, 0.6) is 0 Å². The van der Waals surface area contributed by atoms with Gasteiger partial charge in [-0.2, -0.15) is 0 Å². The van der Waals surface area contributed by atoms with Gasteiger partial charge in [-0.1, -0.05) is 35.5 Å². The van der Waals surface area contributed by atoms with Crippen LogP contribution < -0.4 is 5.32 Å². The number of hydrogen-bond acceptors (Lipinski definition) is 6. The molecule has 1 atom stereocenters. The second-order valence-electron chi connectivity index (χ2n) is 7.24. The van der Waals surface area contributed by atoms with Gasteiger partial charge in [0, 0.05) is 39.9 Å². The van der Waals surface area contributed by atoms with E-state index in [2.05, 4.69) is 20.5 Å². The van der Waals surface area contributed by atoms with Crippen LogP contribution >= 0.6 is 23.4 Å². The van der Waals surface area contributed by atoms with Crippen LogP contribution in [0.1, 0.15) is 24.2 Å². The molecule has 4 rings (SSSR count). The van der Waals surface area contributed by atoms with E-state index in [4.69, 9.17) is 11.6 Å². The molecule has 0 radical (unpaired) electrons. The molecule has 0 bridgehead atoms. The molecule has 9 heteroatoms. The van der Waals surface area contributed by atoms with Crippen molar-refractivity contribution in [3.8, 4) is 17.1 Å². The Balaban J connectivity index is 1.61. The monoisotopic (exact) mass is 477 g/mol. The average molecular weight is 478 g/mol. The number of nitrogens with one attached hydrogen (secondary N) is 1. The van der Waals surface area contributed by atoms with Crippen molar-refractivity contribution in [2.24, 2.45) is 0 Å². The van der Waals surface area contributed by atoms with Crippen LogP contribution in [0.2, 0.25) is 5.02 Å². The van der Waals surface area contributed by atoms with E-state index in [0.717, 1.165) is 11.3 Å². The number of ketones is 1. The van der Waals surface area contributed by atoms with Gasteiger partial charge in [-0.25, -0.2) is 0 Å². The number of amides is 1. The predicted molar refractivity (Wildman–Crippen MR) is 130 cm³/mol. The Kier molecular flexibility index (Phi) is 6.86. The fourth-order valence-electron chi connectivity index (χ4n) is 3.13. The van der Waals surface area contributed by atoms with Gasteiger partial charge < -0.3 is 5.32 Å². The third-order valence-corrected chi connectivity index (χ3v) is 6.14. The van der Waals surface area contributed by atoms with Gasteiger partial charge >= 0.3 is 0 Å². The summed E-state index contributed by atoms with van der Waals surface area (Å²) in [5.41, 5.74) is 2.77. The van der Waals surface area contributed by atoms with Crippen molar-refractivity contribution in [2.75, 3.05) is 5.32 Å². The molecule has 0 aliphatic carbocycles. The highest BCUT2D eigenvalue weighted by atomic mass is 35.5. The van der Waals surface area contributed by atoms with Gasteiger partial charge in [0.15, 0.2) is 16.8 Å². The number of thioether (sulfide) groups is 1. The first-order valence-electron chi connectivity index (χ1n) is 10.1. The minimum absolute atomic E-state index is 0.0618. The first-order chi connectivity index (χ1) is 15.9. The molecule has 1 unspecified atom stereocenters. The molecule has 2 aromatic heterocycles. The molecule has 2 aromatic carbocycles. The molecule has 0 aliphatic heterocycles. The zero-order valence-electron chi connectivity index (χ0n) is 17.9. The van der Waals surface area contributed by atoms with Gasteiger partial charge in [-0.05, 0) is 62.4 Å². The number of nitrogens with zero attached hydrogens (tertiary/aromatic N) is 4. The van der Waals surface area contributed by atoms with Crippen LogP contribution in [0.15, 0.2) is 78.2 Å². The summed E-state index contributed by atoms with van der Waals surface area (Å²) >= 11 is 7.36. The van der Waals surface area contributed by atoms with Gasteiger partial charge in [0.05, 0.1) is 5.25 Å². The van der Waals surface area contributed by atoms with Crippen LogP contribution in [0, 0.1) is 0 Å². The number of anilines is 1. The first kappa shape index (κ1) is 22.7. The zero-order valence-corrected chi connectivity index (χ0v) is 19.5. The number of halogens is 1. The Hall–Kier alpha value is -3.49. The second kappa shape index (κ2) is 9.97. The van der Waals surface area contributed by atoms with Gasteiger partial charge in [0.25, 0.3) is 0 Å². The Morgan fingerprint density at radius 2 is 1.76 bits per heavy atom. The van der Waals surface area contributed by atoms with Crippen molar-refractivity contribution < 1.29 is 9.59 Å². The first-order valence-corrected chi connectivity index (χ1v) is 11.4. The van der Waals surface area contributed by atoms with Crippen molar-refractivity contribution in [3.63, 3.8) is 0 Å². The molecule has 4 aromatic rings. The van der Waals surface area contributed by atoms with E-state index in [-0.39, 0.29) is 11.7 Å². The number of Topliss-reactive ketones (excluding diaryl/α,β-unsaturated/α-hetero) is 1. The maximum Gasteiger partial charge on any atom is 0.237 e. The van der Waals surface area contributed by atoms with E-state index in [1.165, 1.54) is 18.7 Å². The molecule has 0 fully saturated rings. The van der Waals surface area contributed by atoms with Crippen LogP contribution in [-0.2, 0) is 4.79 Å². The average Bonchev–Trinajstić information content (AvgIpc) is 3.23. The molecular formula is C24H20ClN5O2S. The number of carbonyl (C=O) groups excluding carboxylic acids is 2. The largest absolute Gasteiger partial charge is 0.325 e. The predicted octanol–water partition coefficient (Wildman–Crippen LogP) is 5.30. The number of aromatic nitrogens is 4. The summed E-state index contributed by atoms with van der Waals surface area (Å²) in [6.07, 6.45) is 3.38. The van der Waals surface area contributed by atoms with E-state index < -0.39 is 5.25 Å². The molecular weight excluding hydrogens is 458 g/mol. The van der Waals surface area contributed by atoms with Gasteiger partial charge in [-0.15, -0.1) is 10.2 Å². The van der Waals surface area contributed by atoms with Crippen molar-refractivity contribution in [1.29, 1.82) is 0 Å². The fraction of sp³-hybridized carbons (Fsp3) is 0.125. The van der Waals surface area contributed by atoms with Gasteiger partial charge in [0.1, 0.15) is 0 Å². The topological polar surface area (TPSA) is 89.8 Å². The lowest BCUT2D eigenvalue weighted by Gasteiger charge is -2.14. The maximum atomic E-state index is 12.9. The lowest BCUT2D eigenvalue weighted by Crippen LogP contribution is -2.23. The van der Waals surface area contributed by atoms with E-state index in [1.807, 2.05) is 28.8 Å². The lowest BCUT2D eigenvalue weighted by molar-refractivity contribution is -0.115. The van der Waals surface area contributed by atoms with Crippen LogP contribution in [0.4, 0.5) is 5.69 Å². The summed E-state index contributed by atoms with van der Waals surface area (Å²) < 4.78 is 1.89. The Bertz CT molecular complexity index is 1290. The summed E-state index contributed by atoms with van der Waals surface area (Å²) in [7, 11) is 0. The van der Waals surface area contributed by atoms with Crippen LogP contribution in [0.3, 0.4) is 0 Å². The summed E-state index contributed by atoms with van der Waals surface area (Å²) in [6.45, 7) is 3.28.